The first kappa shape index (κ1) is 60.2. The number of carbonyl (C=O) groups excluding carboxylic acids is 4. The van der Waals surface area contributed by atoms with Crippen molar-refractivity contribution >= 4 is 54.0 Å². The third-order valence-electron chi connectivity index (χ3n) is 13.3. The van der Waals surface area contributed by atoms with E-state index in [4.69, 9.17) is 76.4 Å². The van der Waals surface area contributed by atoms with E-state index in [-0.39, 0.29) is 38.0 Å². The fourth-order valence-corrected chi connectivity index (χ4v) is 14.8. The number of aliphatic hydroxyl groups excluding tert-OH is 2. The van der Waals surface area contributed by atoms with Crippen molar-refractivity contribution in [3.8, 4) is 0 Å². The molecule has 0 spiro atoms. The van der Waals surface area contributed by atoms with Gasteiger partial charge in [-0.25, -0.2) is 0 Å². The number of nitrogens with zero attached hydrogens (tertiary/aromatic N) is 3. The Morgan fingerprint density at radius 3 is 1.58 bits per heavy atom. The second kappa shape index (κ2) is 29.0. The number of benzene rings is 4. The van der Waals surface area contributed by atoms with Crippen molar-refractivity contribution in [2.45, 2.75) is 152 Å². The van der Waals surface area contributed by atoms with Gasteiger partial charge in [-0.1, -0.05) is 162 Å². The summed E-state index contributed by atoms with van der Waals surface area (Å²) in [6, 6.07) is 38.3. The van der Waals surface area contributed by atoms with Crippen LogP contribution in [0.25, 0.3) is 10.4 Å². The standard InChI is InChI=1S/C50H64B2N3O11PSi.2CO2/c1-31-32(2)62-49(42(57)43(31)58-28-35-20-12-8-13-21-35)65-45-39(30-60-68(50(5,6)7,37-24-16-10-17-25-37)38-26-18-11-19-27-38)63-48(40(54-55-53)46(45)66-67(51)52)64-44-34(4)61-33(3)41(56)47(44)59-29-36-22-14-9-15-23-36;2*2-1-3/h8-27,31-34,39-49,56-57H,28-30H2,1-7H3;;/t31?,32?,33-,34?,39?,40?,41?,42?,43+,44?,45+,46+,47-,48+,49-;;/m0../s1. The smallest absolute Gasteiger partial charge is 0.373 e. The molecule has 8 unspecified atom stereocenters. The average Bonchev–Trinajstić information content (AvgIpc) is 3.38. The molecular formula is C52H64B2N3O15PSi. The van der Waals surface area contributed by atoms with E-state index in [0.29, 0.717) is 0 Å². The van der Waals surface area contributed by atoms with Crippen LogP contribution in [-0.2, 0) is 74.5 Å². The molecule has 0 aromatic heterocycles. The summed E-state index contributed by atoms with van der Waals surface area (Å²) in [4.78, 5) is 35.7. The molecule has 4 aromatic carbocycles. The molecule has 0 saturated carbocycles. The van der Waals surface area contributed by atoms with Crippen molar-refractivity contribution in [3.05, 3.63) is 143 Å². The summed E-state index contributed by atoms with van der Waals surface area (Å²) in [6.07, 6.45) is -12.3. The van der Waals surface area contributed by atoms with Crippen LogP contribution in [0, 0.1) is 5.92 Å². The Morgan fingerprint density at radius 1 is 0.635 bits per heavy atom. The Kier molecular flexibility index (Phi) is 23.6. The largest absolute Gasteiger partial charge is 0.405 e. The minimum Gasteiger partial charge on any atom is -0.405 e. The maximum atomic E-state index is 12.1. The first-order valence-corrected chi connectivity index (χ1v) is 27.4. The van der Waals surface area contributed by atoms with Crippen LogP contribution in [0.2, 0.25) is 5.04 Å². The number of hydrogen-bond donors (Lipinski definition) is 2. The predicted molar refractivity (Wildman–Crippen MR) is 274 cm³/mol. The van der Waals surface area contributed by atoms with Crippen molar-refractivity contribution in [2.75, 3.05) is 6.61 Å². The molecule has 4 radical (unpaired) electrons. The molecule has 0 aliphatic carbocycles. The third-order valence-corrected chi connectivity index (χ3v) is 18.8. The molecule has 392 valence electrons. The monoisotopic (exact) mass is 1050 g/mol. The van der Waals surface area contributed by atoms with Gasteiger partial charge in [0.25, 0.3) is 8.32 Å². The Hall–Kier alpha value is -4.71. The van der Waals surface area contributed by atoms with Gasteiger partial charge in [-0.2, -0.15) is 19.2 Å². The Morgan fingerprint density at radius 2 is 1.11 bits per heavy atom. The van der Waals surface area contributed by atoms with Gasteiger partial charge in [0.15, 0.2) is 12.6 Å². The molecule has 3 fully saturated rings. The van der Waals surface area contributed by atoms with Crippen LogP contribution in [-0.4, -0.2) is 138 Å². The van der Waals surface area contributed by atoms with Gasteiger partial charge in [0.2, 0.25) is 0 Å². The molecule has 3 aliphatic heterocycles. The number of azide groups is 1. The lowest BCUT2D eigenvalue weighted by Crippen LogP contribution is -2.69. The second-order valence-corrected chi connectivity index (χ2v) is 24.4. The van der Waals surface area contributed by atoms with E-state index in [0.717, 1.165) is 21.5 Å². The highest BCUT2D eigenvalue weighted by Crippen LogP contribution is 2.42. The summed E-state index contributed by atoms with van der Waals surface area (Å²) in [6.45, 7) is 14.2. The topological polar surface area (TPSA) is 241 Å². The normalized spacial score (nSPS) is 29.9. The van der Waals surface area contributed by atoms with Gasteiger partial charge in [-0.15, -0.1) is 0 Å². The van der Waals surface area contributed by atoms with Gasteiger partial charge in [0.1, 0.15) is 63.9 Å². The molecule has 0 amide bonds. The summed E-state index contributed by atoms with van der Waals surface area (Å²) >= 11 is 0. The first-order chi connectivity index (χ1) is 35.4. The van der Waals surface area contributed by atoms with Gasteiger partial charge in [-0.3, -0.25) is 0 Å². The van der Waals surface area contributed by atoms with Crippen LogP contribution < -0.4 is 10.4 Å². The molecule has 0 bridgehead atoms. The average molecular weight is 1050 g/mol. The quantitative estimate of drug-likeness (QED) is 0.0405. The molecule has 3 heterocycles. The van der Waals surface area contributed by atoms with Crippen LogP contribution >= 0.6 is 7.91 Å². The Labute approximate surface area is 437 Å². The Bertz CT molecular complexity index is 2350. The van der Waals surface area contributed by atoms with Crippen molar-refractivity contribution in [2.24, 2.45) is 11.0 Å². The van der Waals surface area contributed by atoms with Gasteiger partial charge >= 0.3 is 12.3 Å². The molecule has 74 heavy (non-hydrogen) atoms. The highest BCUT2D eigenvalue weighted by molar-refractivity contribution is 7.97. The number of hydrogen-bond acceptors (Lipinski definition) is 16. The Balaban J connectivity index is 0.00000161. The van der Waals surface area contributed by atoms with E-state index in [2.05, 4.69) is 55.1 Å². The lowest BCUT2D eigenvalue weighted by Gasteiger charge is -2.51. The van der Waals surface area contributed by atoms with E-state index in [1.165, 1.54) is 0 Å². The first-order valence-electron chi connectivity index (χ1n) is 24.1. The molecule has 3 saturated heterocycles. The molecule has 15 atom stereocenters. The molecule has 18 nitrogen and oxygen atoms in total. The van der Waals surface area contributed by atoms with Crippen LogP contribution in [0.3, 0.4) is 0 Å². The highest BCUT2D eigenvalue weighted by atomic mass is 31.1. The fraction of sp³-hybridized carbons (Fsp3) is 0.500. The van der Waals surface area contributed by atoms with Crippen molar-refractivity contribution in [1.29, 1.82) is 0 Å². The van der Waals surface area contributed by atoms with Crippen molar-refractivity contribution in [3.63, 3.8) is 0 Å². The van der Waals surface area contributed by atoms with Crippen LogP contribution in [0.1, 0.15) is 59.6 Å². The summed E-state index contributed by atoms with van der Waals surface area (Å²) in [5, 5.41) is 29.6. The predicted octanol–water partition coefficient (Wildman–Crippen LogP) is 5.60. The lowest BCUT2D eigenvalue weighted by molar-refractivity contribution is -0.351. The summed E-state index contributed by atoms with van der Waals surface area (Å²) in [7, 11) is 7.23. The van der Waals surface area contributed by atoms with E-state index in [1.54, 1.807) is 6.92 Å². The van der Waals surface area contributed by atoms with Crippen LogP contribution in [0.5, 0.6) is 0 Å². The van der Waals surface area contributed by atoms with Crippen molar-refractivity contribution in [1.82, 2.24) is 0 Å². The summed E-state index contributed by atoms with van der Waals surface area (Å²) < 4.78 is 60.2. The van der Waals surface area contributed by atoms with Crippen molar-refractivity contribution < 1.29 is 71.5 Å². The molecule has 7 rings (SSSR count). The maximum absolute atomic E-state index is 12.1. The van der Waals surface area contributed by atoms with Crippen LogP contribution in [0.15, 0.2) is 126 Å². The molecule has 3 aliphatic rings. The molecule has 2 N–H and O–H groups in total. The van der Waals surface area contributed by atoms with Gasteiger partial charge in [-0.05, 0) is 52.8 Å². The summed E-state index contributed by atoms with van der Waals surface area (Å²) in [5.74, 6) is -0.234. The second-order valence-electron chi connectivity index (χ2n) is 19.1. The summed E-state index contributed by atoms with van der Waals surface area (Å²) in [5.41, 5.74) is 12.0. The zero-order chi connectivity index (χ0) is 54.0. The fourth-order valence-electron chi connectivity index (χ4n) is 9.68. The zero-order valence-electron chi connectivity index (χ0n) is 42.5. The number of aliphatic hydroxyl groups is 2. The number of ether oxygens (including phenoxy) is 7. The lowest BCUT2D eigenvalue weighted by atomic mass is 9.91. The van der Waals surface area contributed by atoms with Gasteiger partial charge in [0, 0.05) is 10.8 Å². The van der Waals surface area contributed by atoms with Gasteiger partial charge < -0.3 is 52.3 Å². The van der Waals surface area contributed by atoms with E-state index < -0.39 is 107 Å². The highest BCUT2D eigenvalue weighted by Gasteiger charge is 2.56. The molecule has 4 aromatic rings. The van der Waals surface area contributed by atoms with E-state index in [9.17, 15) is 15.7 Å². The van der Waals surface area contributed by atoms with E-state index >= 15 is 0 Å². The third kappa shape index (κ3) is 15.2. The van der Waals surface area contributed by atoms with Crippen LogP contribution in [0.4, 0.5) is 0 Å². The minimum absolute atomic E-state index is 0.110. The van der Waals surface area contributed by atoms with Gasteiger partial charge in [0.05, 0.1) is 44.2 Å². The SMILES string of the molecule is O=C=O.O=C=O.[B]P([B])O[C@@H]1C(N=[N+]=[N-])[C@@H](OC2C(C)O[C@@H](C)C(O)[C@@H]2OCc2ccccc2)OC(CO[Si](c2ccccc2)(c2ccccc2)C(C)(C)C)[C@H]1O[C@@H]1OC(C)C(C)[C@@H](OCc2ccccc2)C1O. The maximum Gasteiger partial charge on any atom is 0.373 e. The molecule has 22 heteroatoms. The van der Waals surface area contributed by atoms with E-state index in [1.807, 2.05) is 118 Å². The number of rotatable bonds is 18. The minimum atomic E-state index is -3.25. The zero-order valence-corrected chi connectivity index (χ0v) is 44.4. The molecular weight excluding hydrogens is 987 g/mol.